The largest absolute Gasteiger partial charge is 0.466 e. The lowest BCUT2D eigenvalue weighted by Crippen LogP contribution is -2.05. The summed E-state index contributed by atoms with van der Waals surface area (Å²) in [6, 6.07) is 1.81. The van der Waals surface area contributed by atoms with Crippen LogP contribution in [0.5, 0.6) is 0 Å². The minimum Gasteiger partial charge on any atom is -0.466 e. The van der Waals surface area contributed by atoms with Gasteiger partial charge in [-0.05, 0) is 32.9 Å². The molecule has 0 aromatic carbocycles. The monoisotopic (exact) mass is 285 g/mol. The van der Waals surface area contributed by atoms with Crippen LogP contribution in [0.1, 0.15) is 28.3 Å². The predicted molar refractivity (Wildman–Crippen MR) is 76.7 cm³/mol. The minimum atomic E-state index is -0.466. The molecule has 0 amide bonds. The average Bonchev–Trinajstić information content (AvgIpc) is 3.04. The second kappa shape index (κ2) is 4.73. The Balaban J connectivity index is 1.99. The molecule has 108 valence electrons. The normalized spacial score (nSPS) is 16.5. The highest BCUT2D eigenvalue weighted by molar-refractivity contribution is 6.13. The lowest BCUT2D eigenvalue weighted by atomic mass is 10.2. The number of esters is 1. The Morgan fingerprint density at radius 2 is 2.05 bits per heavy atom. The van der Waals surface area contributed by atoms with E-state index in [1.54, 1.807) is 23.0 Å². The Bertz CT molecular complexity index is 793. The van der Waals surface area contributed by atoms with E-state index in [-0.39, 0.29) is 11.6 Å². The van der Waals surface area contributed by atoms with Crippen LogP contribution in [-0.2, 0) is 16.6 Å². The Hall–Kier alpha value is -2.63. The fourth-order valence-electron chi connectivity index (χ4n) is 2.17. The third-order valence-electron chi connectivity index (χ3n) is 3.46. The quantitative estimate of drug-likeness (QED) is 0.627. The first kappa shape index (κ1) is 13.4. The van der Waals surface area contributed by atoms with Gasteiger partial charge in [0, 0.05) is 18.3 Å². The van der Waals surface area contributed by atoms with Gasteiger partial charge in [0.15, 0.2) is 5.70 Å². The lowest BCUT2D eigenvalue weighted by Gasteiger charge is -1.95. The third-order valence-corrected chi connectivity index (χ3v) is 3.46. The van der Waals surface area contributed by atoms with Crippen molar-refractivity contribution in [2.75, 3.05) is 0 Å². The molecule has 0 N–H and O–H groups in total. The fourth-order valence-corrected chi connectivity index (χ4v) is 2.17. The highest BCUT2D eigenvalue weighted by Gasteiger charge is 2.27. The molecule has 0 radical (unpaired) electrons. The molecule has 6 heteroatoms. The molecule has 3 heterocycles. The number of rotatable bonds is 2. The van der Waals surface area contributed by atoms with Crippen molar-refractivity contribution in [1.82, 2.24) is 9.78 Å². The van der Waals surface area contributed by atoms with Crippen LogP contribution in [0, 0.1) is 20.8 Å². The molecule has 0 fully saturated rings. The standard InChI is InChI=1S/C15H15N3O3/c1-8-5-12(10(3)20-8)14-17-13(15(19)21-14)6-11-7-16-18(4)9(11)2/h5-7H,1-4H3/b13-6+. The molecule has 2 aromatic rings. The van der Waals surface area contributed by atoms with E-state index in [0.29, 0.717) is 11.3 Å². The molecule has 0 saturated carbocycles. The van der Waals surface area contributed by atoms with E-state index in [2.05, 4.69) is 10.1 Å². The van der Waals surface area contributed by atoms with Crippen molar-refractivity contribution in [2.45, 2.75) is 20.8 Å². The van der Waals surface area contributed by atoms with Crippen molar-refractivity contribution in [3.05, 3.63) is 46.3 Å². The molecule has 0 spiro atoms. The molecule has 2 aromatic heterocycles. The Labute approximate surface area is 121 Å². The second-order valence-electron chi connectivity index (χ2n) is 4.97. The lowest BCUT2D eigenvalue weighted by molar-refractivity contribution is -0.129. The van der Waals surface area contributed by atoms with Crippen LogP contribution >= 0.6 is 0 Å². The number of aryl methyl sites for hydroxylation is 3. The second-order valence-corrected chi connectivity index (χ2v) is 4.97. The summed E-state index contributed by atoms with van der Waals surface area (Å²) in [5, 5.41) is 4.13. The van der Waals surface area contributed by atoms with Crippen LogP contribution in [0.25, 0.3) is 6.08 Å². The molecule has 0 saturated heterocycles. The van der Waals surface area contributed by atoms with E-state index in [1.807, 2.05) is 27.8 Å². The van der Waals surface area contributed by atoms with E-state index < -0.39 is 5.97 Å². The number of furan rings is 1. The van der Waals surface area contributed by atoms with Crippen LogP contribution in [-0.4, -0.2) is 21.6 Å². The van der Waals surface area contributed by atoms with Crippen LogP contribution < -0.4 is 0 Å². The van der Waals surface area contributed by atoms with Gasteiger partial charge in [0.25, 0.3) is 0 Å². The van der Waals surface area contributed by atoms with Crippen molar-refractivity contribution in [3.63, 3.8) is 0 Å². The van der Waals surface area contributed by atoms with Crippen molar-refractivity contribution in [1.29, 1.82) is 0 Å². The van der Waals surface area contributed by atoms with Crippen LogP contribution in [0.15, 0.2) is 27.4 Å². The zero-order chi connectivity index (χ0) is 15.1. The first-order valence-electron chi connectivity index (χ1n) is 6.54. The maximum atomic E-state index is 11.9. The number of aliphatic imine (C=N–C) groups is 1. The Morgan fingerprint density at radius 3 is 2.62 bits per heavy atom. The Morgan fingerprint density at radius 1 is 1.29 bits per heavy atom. The van der Waals surface area contributed by atoms with Gasteiger partial charge in [-0.3, -0.25) is 4.68 Å². The van der Waals surface area contributed by atoms with Gasteiger partial charge in [-0.1, -0.05) is 0 Å². The summed E-state index contributed by atoms with van der Waals surface area (Å²) in [5.74, 6) is 1.24. The van der Waals surface area contributed by atoms with E-state index in [4.69, 9.17) is 9.15 Å². The number of hydrogen-bond donors (Lipinski definition) is 0. The van der Waals surface area contributed by atoms with Gasteiger partial charge in [0.05, 0.1) is 11.8 Å². The summed E-state index contributed by atoms with van der Waals surface area (Å²) in [5.41, 5.74) is 2.76. The minimum absolute atomic E-state index is 0.263. The number of aromatic nitrogens is 2. The van der Waals surface area contributed by atoms with Crippen molar-refractivity contribution in [2.24, 2.45) is 12.0 Å². The summed E-state index contributed by atoms with van der Waals surface area (Å²) in [7, 11) is 1.84. The molecule has 21 heavy (non-hydrogen) atoms. The van der Waals surface area contributed by atoms with Gasteiger partial charge in [-0.2, -0.15) is 5.10 Å². The molecule has 1 aliphatic rings. The molecular weight excluding hydrogens is 270 g/mol. The SMILES string of the molecule is Cc1cc(C2=N/C(=C/c3cnn(C)c3C)C(=O)O2)c(C)o1. The number of nitrogens with zero attached hydrogens (tertiary/aromatic N) is 3. The zero-order valence-electron chi connectivity index (χ0n) is 12.3. The van der Waals surface area contributed by atoms with E-state index in [0.717, 1.165) is 17.0 Å². The van der Waals surface area contributed by atoms with Gasteiger partial charge < -0.3 is 9.15 Å². The molecule has 0 unspecified atom stereocenters. The van der Waals surface area contributed by atoms with Crippen molar-refractivity contribution >= 4 is 17.9 Å². The zero-order valence-corrected chi connectivity index (χ0v) is 12.3. The molecule has 1 aliphatic heterocycles. The third kappa shape index (κ3) is 2.29. The van der Waals surface area contributed by atoms with Crippen LogP contribution in [0.2, 0.25) is 0 Å². The smallest absolute Gasteiger partial charge is 0.363 e. The molecular formula is C15H15N3O3. The van der Waals surface area contributed by atoms with E-state index >= 15 is 0 Å². The molecule has 0 aliphatic carbocycles. The summed E-state index contributed by atoms with van der Waals surface area (Å²) in [6.07, 6.45) is 3.37. The topological polar surface area (TPSA) is 69.6 Å². The van der Waals surface area contributed by atoms with Crippen molar-refractivity contribution in [3.8, 4) is 0 Å². The van der Waals surface area contributed by atoms with E-state index in [9.17, 15) is 4.79 Å². The predicted octanol–water partition coefficient (Wildman–Crippen LogP) is 2.28. The summed E-state index contributed by atoms with van der Waals surface area (Å²) >= 11 is 0. The maximum Gasteiger partial charge on any atom is 0.363 e. The summed E-state index contributed by atoms with van der Waals surface area (Å²) in [6.45, 7) is 5.57. The van der Waals surface area contributed by atoms with Crippen molar-refractivity contribution < 1.29 is 13.9 Å². The highest BCUT2D eigenvalue weighted by atomic mass is 16.6. The van der Waals surface area contributed by atoms with E-state index in [1.165, 1.54) is 0 Å². The molecule has 6 nitrogen and oxygen atoms in total. The molecule has 0 bridgehead atoms. The fraction of sp³-hybridized carbons (Fsp3) is 0.267. The van der Waals surface area contributed by atoms with Crippen LogP contribution in [0.4, 0.5) is 0 Å². The van der Waals surface area contributed by atoms with Gasteiger partial charge in [-0.25, -0.2) is 9.79 Å². The summed E-state index contributed by atoms with van der Waals surface area (Å²) < 4.78 is 12.4. The number of carbonyl (C=O) groups excluding carboxylic acids is 1. The highest BCUT2D eigenvalue weighted by Crippen LogP contribution is 2.23. The summed E-state index contributed by atoms with van der Waals surface area (Å²) in [4.78, 5) is 16.2. The van der Waals surface area contributed by atoms with Gasteiger partial charge >= 0.3 is 5.97 Å². The first-order chi connectivity index (χ1) is 9.95. The number of hydrogen-bond acceptors (Lipinski definition) is 5. The maximum absolute atomic E-state index is 11.9. The van der Waals surface area contributed by atoms with Gasteiger partial charge in [-0.15, -0.1) is 0 Å². The number of carbonyl (C=O) groups is 1. The van der Waals surface area contributed by atoms with Gasteiger partial charge in [0.1, 0.15) is 11.5 Å². The van der Waals surface area contributed by atoms with Gasteiger partial charge in [0.2, 0.25) is 5.90 Å². The van der Waals surface area contributed by atoms with Crippen LogP contribution in [0.3, 0.4) is 0 Å². The Kier molecular flexibility index (Phi) is 3.01. The number of cyclic esters (lactones) is 1. The molecule has 3 rings (SSSR count). The number of ether oxygens (including phenoxy) is 1. The molecule has 0 atom stereocenters. The average molecular weight is 285 g/mol. The first-order valence-corrected chi connectivity index (χ1v) is 6.54.